The minimum atomic E-state index is -0.973. The van der Waals surface area contributed by atoms with E-state index in [1.165, 1.54) is 0 Å². The van der Waals surface area contributed by atoms with E-state index in [9.17, 15) is 14.4 Å². The fourth-order valence-electron chi connectivity index (χ4n) is 4.07. The van der Waals surface area contributed by atoms with Crippen LogP contribution in [0.15, 0.2) is 30.3 Å². The molecule has 1 saturated carbocycles. The van der Waals surface area contributed by atoms with Crippen LogP contribution in [0.5, 0.6) is 0 Å². The van der Waals surface area contributed by atoms with Gasteiger partial charge in [0.1, 0.15) is 12.1 Å². The molecule has 1 heterocycles. The second kappa shape index (κ2) is 7.78. The van der Waals surface area contributed by atoms with Crippen LogP contribution < -0.4 is 11.1 Å². The molecule has 1 aliphatic carbocycles. The maximum Gasteiger partial charge on any atom is 0.243 e. The summed E-state index contributed by atoms with van der Waals surface area (Å²) >= 11 is 0. The highest BCUT2D eigenvalue weighted by molar-refractivity contribution is 5.94. The Morgan fingerprint density at radius 2 is 1.96 bits per heavy atom. The zero-order chi connectivity index (χ0) is 19.4. The zero-order valence-electron chi connectivity index (χ0n) is 15.2. The van der Waals surface area contributed by atoms with Crippen molar-refractivity contribution in [1.82, 2.24) is 10.2 Å². The van der Waals surface area contributed by atoms with Gasteiger partial charge in [0.25, 0.3) is 0 Å². The maximum absolute atomic E-state index is 13.4. The molecule has 0 bridgehead atoms. The summed E-state index contributed by atoms with van der Waals surface area (Å²) < 4.78 is 0. The van der Waals surface area contributed by atoms with Crippen molar-refractivity contribution in [3.05, 3.63) is 35.9 Å². The quantitative estimate of drug-likeness (QED) is 0.778. The molecule has 0 aromatic heterocycles. The highest BCUT2D eigenvalue weighted by Gasteiger charge is 2.50. The van der Waals surface area contributed by atoms with E-state index in [2.05, 4.69) is 5.32 Å². The Kier molecular flexibility index (Phi) is 5.45. The van der Waals surface area contributed by atoms with Crippen molar-refractivity contribution in [1.29, 1.82) is 5.26 Å². The molecule has 27 heavy (non-hydrogen) atoms. The Bertz CT molecular complexity index is 767. The number of carbonyl (C=O) groups is 3. The van der Waals surface area contributed by atoms with E-state index in [0.717, 1.165) is 31.2 Å². The zero-order valence-corrected chi connectivity index (χ0v) is 15.2. The van der Waals surface area contributed by atoms with Crippen LogP contribution in [0, 0.1) is 11.3 Å². The van der Waals surface area contributed by atoms with Crippen molar-refractivity contribution in [2.75, 3.05) is 6.54 Å². The third-order valence-corrected chi connectivity index (χ3v) is 5.64. The van der Waals surface area contributed by atoms with E-state index in [4.69, 9.17) is 11.0 Å². The molecule has 2 fully saturated rings. The van der Waals surface area contributed by atoms with Crippen molar-refractivity contribution < 1.29 is 14.4 Å². The molecule has 2 aliphatic rings. The number of rotatable bonds is 6. The van der Waals surface area contributed by atoms with Gasteiger partial charge in [0, 0.05) is 6.54 Å². The summed E-state index contributed by atoms with van der Waals surface area (Å²) in [4.78, 5) is 38.8. The number of benzene rings is 1. The van der Waals surface area contributed by atoms with Gasteiger partial charge in [0.2, 0.25) is 17.7 Å². The molecule has 7 heteroatoms. The summed E-state index contributed by atoms with van der Waals surface area (Å²) in [5, 5.41) is 11.7. The monoisotopic (exact) mass is 368 g/mol. The lowest BCUT2D eigenvalue weighted by Gasteiger charge is -2.44. The third kappa shape index (κ3) is 3.65. The van der Waals surface area contributed by atoms with Crippen molar-refractivity contribution >= 4 is 17.7 Å². The lowest BCUT2D eigenvalue weighted by Crippen LogP contribution is -2.56. The largest absolute Gasteiger partial charge is 0.370 e. The maximum atomic E-state index is 13.4. The van der Waals surface area contributed by atoms with E-state index in [0.29, 0.717) is 13.0 Å². The molecule has 1 aromatic rings. The van der Waals surface area contributed by atoms with Crippen LogP contribution in [-0.4, -0.2) is 41.2 Å². The minimum Gasteiger partial charge on any atom is -0.370 e. The van der Waals surface area contributed by atoms with Gasteiger partial charge in [0.15, 0.2) is 0 Å². The summed E-state index contributed by atoms with van der Waals surface area (Å²) in [5.41, 5.74) is 5.56. The van der Waals surface area contributed by atoms with Crippen LogP contribution in [0.25, 0.3) is 0 Å². The number of amides is 3. The predicted octanol–water partition coefficient (Wildman–Crippen LogP) is 0.983. The number of nitrogens with two attached hydrogens (primary N) is 1. The lowest BCUT2D eigenvalue weighted by atomic mass is 9.63. The van der Waals surface area contributed by atoms with Gasteiger partial charge in [-0.15, -0.1) is 0 Å². The van der Waals surface area contributed by atoms with E-state index in [1.807, 2.05) is 36.4 Å². The van der Waals surface area contributed by atoms with Gasteiger partial charge in [-0.2, -0.15) is 5.26 Å². The number of nitriles is 1. The normalized spacial score (nSPS) is 21.6. The van der Waals surface area contributed by atoms with E-state index in [-0.39, 0.29) is 12.3 Å². The SMILES string of the molecule is N#C[C@H](CC(N)=O)NC(=O)[C@@H]1CCCN1C(=O)C1(c2ccccc2)CCC1. The molecule has 2 atom stereocenters. The van der Waals surface area contributed by atoms with Crippen LogP contribution in [-0.2, 0) is 19.8 Å². The summed E-state index contributed by atoms with van der Waals surface area (Å²) in [5.74, 6) is -1.06. The average molecular weight is 368 g/mol. The van der Waals surface area contributed by atoms with Crippen molar-refractivity contribution in [3.8, 4) is 6.07 Å². The van der Waals surface area contributed by atoms with Gasteiger partial charge in [-0.05, 0) is 31.2 Å². The van der Waals surface area contributed by atoms with Crippen LogP contribution in [0.2, 0.25) is 0 Å². The van der Waals surface area contributed by atoms with Gasteiger partial charge in [-0.3, -0.25) is 14.4 Å². The topological polar surface area (TPSA) is 116 Å². The fourth-order valence-corrected chi connectivity index (χ4v) is 4.07. The molecule has 142 valence electrons. The summed E-state index contributed by atoms with van der Waals surface area (Å²) in [7, 11) is 0. The standard InChI is InChI=1S/C20H24N4O3/c21-13-15(12-17(22)25)23-18(26)16-8-4-11-24(16)19(27)20(9-5-10-20)14-6-2-1-3-7-14/h1-3,6-7,15-16H,4-5,8-12H2,(H2,22,25)(H,23,26)/t15-,16-/m0/s1. The molecule has 0 unspecified atom stereocenters. The van der Waals surface area contributed by atoms with Crippen LogP contribution >= 0.6 is 0 Å². The Morgan fingerprint density at radius 3 is 2.52 bits per heavy atom. The second-order valence-electron chi connectivity index (χ2n) is 7.32. The Labute approximate surface area is 158 Å². The summed E-state index contributed by atoms with van der Waals surface area (Å²) in [6.45, 7) is 0.526. The first-order chi connectivity index (χ1) is 13.0. The molecule has 1 saturated heterocycles. The van der Waals surface area contributed by atoms with Crippen LogP contribution in [0.1, 0.15) is 44.1 Å². The van der Waals surface area contributed by atoms with Crippen LogP contribution in [0.4, 0.5) is 0 Å². The summed E-state index contributed by atoms with van der Waals surface area (Å²) in [6.07, 6.45) is 3.60. The number of nitrogens with zero attached hydrogens (tertiary/aromatic N) is 2. The van der Waals surface area contributed by atoms with Gasteiger partial charge < -0.3 is 16.0 Å². The molecular weight excluding hydrogens is 344 g/mol. The first kappa shape index (κ1) is 18.9. The number of primary amides is 1. The molecule has 3 rings (SSSR count). The van der Waals surface area contributed by atoms with Crippen LogP contribution in [0.3, 0.4) is 0 Å². The van der Waals surface area contributed by atoms with Crippen molar-refractivity contribution in [2.24, 2.45) is 5.73 Å². The third-order valence-electron chi connectivity index (χ3n) is 5.64. The number of hydrogen-bond acceptors (Lipinski definition) is 4. The van der Waals surface area contributed by atoms with Gasteiger partial charge in [-0.1, -0.05) is 36.8 Å². The van der Waals surface area contributed by atoms with E-state index >= 15 is 0 Å². The molecular formula is C20H24N4O3. The molecule has 0 radical (unpaired) electrons. The molecule has 3 N–H and O–H groups in total. The molecule has 1 aromatic carbocycles. The first-order valence-corrected chi connectivity index (χ1v) is 9.33. The molecule has 7 nitrogen and oxygen atoms in total. The lowest BCUT2D eigenvalue weighted by molar-refractivity contribution is -0.146. The van der Waals surface area contributed by atoms with E-state index in [1.54, 1.807) is 4.90 Å². The van der Waals surface area contributed by atoms with Crippen molar-refractivity contribution in [3.63, 3.8) is 0 Å². The number of nitrogens with one attached hydrogen (secondary N) is 1. The van der Waals surface area contributed by atoms with Crippen molar-refractivity contribution in [2.45, 2.75) is 56.0 Å². The molecule has 1 aliphatic heterocycles. The second-order valence-corrected chi connectivity index (χ2v) is 7.32. The minimum absolute atomic E-state index is 0.0130. The Morgan fingerprint density at radius 1 is 1.26 bits per heavy atom. The number of carbonyl (C=O) groups excluding carboxylic acids is 3. The smallest absolute Gasteiger partial charge is 0.243 e. The number of hydrogen-bond donors (Lipinski definition) is 2. The van der Waals surface area contributed by atoms with E-state index < -0.39 is 29.3 Å². The summed E-state index contributed by atoms with van der Waals surface area (Å²) in [6, 6.07) is 10.0. The van der Waals surface area contributed by atoms with Gasteiger partial charge in [0.05, 0.1) is 17.9 Å². The Balaban J connectivity index is 1.76. The number of likely N-dealkylation sites (tertiary alicyclic amines) is 1. The van der Waals surface area contributed by atoms with Gasteiger partial charge in [-0.25, -0.2) is 0 Å². The Hall–Kier alpha value is -2.88. The molecule has 0 spiro atoms. The predicted molar refractivity (Wildman–Crippen MR) is 98.1 cm³/mol. The van der Waals surface area contributed by atoms with Gasteiger partial charge >= 0.3 is 0 Å². The highest BCUT2D eigenvalue weighted by Crippen LogP contribution is 2.46. The molecule has 3 amide bonds. The fraction of sp³-hybridized carbons (Fsp3) is 0.500. The average Bonchev–Trinajstić information content (AvgIpc) is 3.10. The first-order valence-electron chi connectivity index (χ1n) is 9.33. The highest BCUT2D eigenvalue weighted by atomic mass is 16.2.